The van der Waals surface area contributed by atoms with Gasteiger partial charge in [-0.1, -0.05) is 0 Å². The number of hydrogen-bond donors (Lipinski definition) is 2. The van der Waals surface area contributed by atoms with E-state index in [2.05, 4.69) is 39.6 Å². The summed E-state index contributed by atoms with van der Waals surface area (Å²) < 4.78 is 5.80. The third kappa shape index (κ3) is 3.80. The number of nitrogens with one attached hydrogen (secondary N) is 2. The zero-order valence-electron chi connectivity index (χ0n) is 14.9. The molecule has 3 aliphatic heterocycles. The summed E-state index contributed by atoms with van der Waals surface area (Å²) in [6, 6.07) is 5.00. The second-order valence-corrected chi connectivity index (χ2v) is 7.60. The van der Waals surface area contributed by atoms with E-state index in [1.807, 2.05) is 12.4 Å². The molecule has 0 aromatic carbocycles. The number of ether oxygens (including phenoxy) is 1. The van der Waals surface area contributed by atoms with Crippen LogP contribution in [0.2, 0.25) is 0 Å². The Bertz CT molecular complexity index is 588. The predicted molar refractivity (Wildman–Crippen MR) is 95.2 cm³/mol. The molecule has 6 heteroatoms. The van der Waals surface area contributed by atoms with Gasteiger partial charge in [0.15, 0.2) is 0 Å². The molecule has 4 atom stereocenters. The zero-order chi connectivity index (χ0) is 17.2. The summed E-state index contributed by atoms with van der Waals surface area (Å²) >= 11 is 0. The Labute approximate surface area is 149 Å². The van der Waals surface area contributed by atoms with Crippen LogP contribution in [0.4, 0.5) is 4.79 Å². The van der Waals surface area contributed by atoms with Gasteiger partial charge in [0, 0.05) is 37.6 Å². The van der Waals surface area contributed by atoms with E-state index in [9.17, 15) is 4.79 Å². The van der Waals surface area contributed by atoms with E-state index in [-0.39, 0.29) is 24.2 Å². The van der Waals surface area contributed by atoms with Crippen molar-refractivity contribution in [1.29, 1.82) is 0 Å². The van der Waals surface area contributed by atoms with Crippen LogP contribution in [0.25, 0.3) is 0 Å². The standard InChI is InChI=1S/C19H28N4O2/c1-13(14-4-8-20-9-5-14)23-10-6-15(7-11-23)21-19(24)22-17-12-16-2-3-18(17)25-16/h4-5,8-9,13,15-18H,2-3,6-7,10-12H2,1H3,(H2,21,22,24)/t13?,16-,17-,18+/m1/s1. The molecular weight excluding hydrogens is 316 g/mol. The smallest absolute Gasteiger partial charge is 0.315 e. The van der Waals surface area contributed by atoms with Gasteiger partial charge >= 0.3 is 6.03 Å². The van der Waals surface area contributed by atoms with Gasteiger partial charge < -0.3 is 15.4 Å². The van der Waals surface area contributed by atoms with Crippen LogP contribution >= 0.6 is 0 Å². The first-order valence-electron chi connectivity index (χ1n) is 9.55. The van der Waals surface area contributed by atoms with Gasteiger partial charge in [-0.25, -0.2) is 4.79 Å². The lowest BCUT2D eigenvalue weighted by atomic mass is 9.95. The van der Waals surface area contributed by atoms with E-state index < -0.39 is 0 Å². The Morgan fingerprint density at radius 1 is 1.20 bits per heavy atom. The van der Waals surface area contributed by atoms with Crippen molar-refractivity contribution in [2.75, 3.05) is 13.1 Å². The maximum Gasteiger partial charge on any atom is 0.315 e. The van der Waals surface area contributed by atoms with Crippen LogP contribution in [0.15, 0.2) is 24.5 Å². The normalized spacial score (nSPS) is 31.0. The molecule has 0 saturated carbocycles. The molecule has 136 valence electrons. The topological polar surface area (TPSA) is 66.5 Å². The molecule has 0 spiro atoms. The van der Waals surface area contributed by atoms with E-state index in [1.165, 1.54) is 5.56 Å². The second kappa shape index (κ2) is 7.30. The summed E-state index contributed by atoms with van der Waals surface area (Å²) in [6.45, 7) is 4.25. The average molecular weight is 344 g/mol. The van der Waals surface area contributed by atoms with E-state index in [4.69, 9.17) is 4.74 Å². The quantitative estimate of drug-likeness (QED) is 0.879. The minimum atomic E-state index is -0.0261. The van der Waals surface area contributed by atoms with Crippen LogP contribution in [0, 0.1) is 0 Å². The third-order valence-electron chi connectivity index (χ3n) is 6.02. The molecule has 0 radical (unpaired) electrons. The van der Waals surface area contributed by atoms with E-state index in [0.29, 0.717) is 12.1 Å². The van der Waals surface area contributed by atoms with Gasteiger partial charge in [-0.15, -0.1) is 0 Å². The number of carbonyl (C=O) groups excluding carboxylic acids is 1. The lowest BCUT2D eigenvalue weighted by Crippen LogP contribution is -2.52. The van der Waals surface area contributed by atoms with Crippen molar-refractivity contribution < 1.29 is 9.53 Å². The van der Waals surface area contributed by atoms with Crippen LogP contribution in [0.1, 0.15) is 50.6 Å². The van der Waals surface area contributed by atoms with Crippen LogP contribution in [-0.4, -0.2) is 53.3 Å². The van der Waals surface area contributed by atoms with Crippen molar-refractivity contribution in [2.24, 2.45) is 0 Å². The highest BCUT2D eigenvalue weighted by Gasteiger charge is 2.41. The van der Waals surface area contributed by atoms with Gasteiger partial charge in [0.25, 0.3) is 0 Å². The maximum atomic E-state index is 12.3. The Balaban J connectivity index is 1.21. The monoisotopic (exact) mass is 344 g/mol. The number of piperidine rings is 1. The van der Waals surface area contributed by atoms with Crippen molar-refractivity contribution in [1.82, 2.24) is 20.5 Å². The van der Waals surface area contributed by atoms with Crippen molar-refractivity contribution in [3.63, 3.8) is 0 Å². The number of pyridine rings is 1. The molecule has 1 unspecified atom stereocenters. The maximum absolute atomic E-state index is 12.3. The first-order valence-corrected chi connectivity index (χ1v) is 9.55. The molecule has 25 heavy (non-hydrogen) atoms. The zero-order valence-corrected chi connectivity index (χ0v) is 14.9. The number of likely N-dealkylation sites (tertiary alicyclic amines) is 1. The molecular formula is C19H28N4O2. The number of hydrogen-bond acceptors (Lipinski definition) is 4. The minimum absolute atomic E-state index is 0.0261. The Hall–Kier alpha value is -1.66. The first-order chi connectivity index (χ1) is 12.2. The highest BCUT2D eigenvalue weighted by atomic mass is 16.5. The van der Waals surface area contributed by atoms with Gasteiger partial charge in [-0.2, -0.15) is 0 Å². The fraction of sp³-hybridized carbons (Fsp3) is 0.684. The second-order valence-electron chi connectivity index (χ2n) is 7.60. The third-order valence-corrected chi connectivity index (χ3v) is 6.02. The molecule has 2 bridgehead atoms. The van der Waals surface area contributed by atoms with Gasteiger partial charge in [0.1, 0.15) is 0 Å². The predicted octanol–water partition coefficient (Wildman–Crippen LogP) is 2.23. The van der Waals surface area contributed by atoms with Crippen LogP contribution in [0.3, 0.4) is 0 Å². The number of urea groups is 1. The summed E-state index contributed by atoms with van der Waals surface area (Å²) in [6.07, 6.45) is 9.51. The molecule has 4 heterocycles. The number of carbonyl (C=O) groups is 1. The molecule has 0 aliphatic carbocycles. The molecule has 3 saturated heterocycles. The van der Waals surface area contributed by atoms with E-state index in [0.717, 1.165) is 45.2 Å². The SMILES string of the molecule is CC(c1ccncc1)N1CCC(NC(=O)N[C@@H]2C[C@H]3CC[C@@H]2O3)CC1. The number of fused-ring (bicyclic) bond motifs is 2. The van der Waals surface area contributed by atoms with Crippen molar-refractivity contribution >= 4 is 6.03 Å². The van der Waals surface area contributed by atoms with E-state index >= 15 is 0 Å². The number of aromatic nitrogens is 1. The number of nitrogens with zero attached hydrogens (tertiary/aromatic N) is 2. The number of amides is 2. The molecule has 6 nitrogen and oxygen atoms in total. The lowest BCUT2D eigenvalue weighted by Gasteiger charge is -2.36. The van der Waals surface area contributed by atoms with Crippen LogP contribution in [0.5, 0.6) is 0 Å². The van der Waals surface area contributed by atoms with Gasteiger partial charge in [-0.3, -0.25) is 9.88 Å². The summed E-state index contributed by atoms with van der Waals surface area (Å²) in [4.78, 5) is 18.9. The van der Waals surface area contributed by atoms with Crippen LogP contribution < -0.4 is 10.6 Å². The lowest BCUT2D eigenvalue weighted by molar-refractivity contribution is 0.0978. The summed E-state index contributed by atoms with van der Waals surface area (Å²) in [5.41, 5.74) is 1.30. The van der Waals surface area contributed by atoms with Gasteiger partial charge in [0.05, 0.1) is 18.2 Å². The fourth-order valence-electron chi connectivity index (χ4n) is 4.47. The van der Waals surface area contributed by atoms with Crippen molar-refractivity contribution in [2.45, 2.75) is 69.4 Å². The first kappa shape index (κ1) is 16.8. The molecule has 4 rings (SSSR count). The molecule has 1 aromatic heterocycles. The Kier molecular flexibility index (Phi) is 4.90. The van der Waals surface area contributed by atoms with Gasteiger partial charge in [0.2, 0.25) is 0 Å². The summed E-state index contributed by atoms with van der Waals surface area (Å²) in [7, 11) is 0. The fourth-order valence-corrected chi connectivity index (χ4v) is 4.47. The number of rotatable bonds is 4. The summed E-state index contributed by atoms with van der Waals surface area (Å²) in [5, 5.41) is 6.28. The molecule has 2 amide bonds. The highest BCUT2D eigenvalue weighted by Crippen LogP contribution is 2.34. The molecule has 1 aromatic rings. The Morgan fingerprint density at radius 2 is 1.96 bits per heavy atom. The van der Waals surface area contributed by atoms with Crippen LogP contribution in [-0.2, 0) is 4.74 Å². The van der Waals surface area contributed by atoms with Gasteiger partial charge in [-0.05, 0) is 56.7 Å². The molecule has 2 N–H and O–H groups in total. The average Bonchev–Trinajstić information content (AvgIpc) is 3.25. The van der Waals surface area contributed by atoms with Crippen molar-refractivity contribution in [3.8, 4) is 0 Å². The largest absolute Gasteiger partial charge is 0.373 e. The Morgan fingerprint density at radius 3 is 2.60 bits per heavy atom. The molecule has 3 aliphatic rings. The van der Waals surface area contributed by atoms with Crippen molar-refractivity contribution in [3.05, 3.63) is 30.1 Å². The molecule has 3 fully saturated rings. The van der Waals surface area contributed by atoms with E-state index in [1.54, 1.807) is 0 Å². The minimum Gasteiger partial charge on any atom is -0.373 e. The highest BCUT2D eigenvalue weighted by molar-refractivity contribution is 5.74. The summed E-state index contributed by atoms with van der Waals surface area (Å²) in [5.74, 6) is 0.